The number of hydrogen-bond donors (Lipinski definition) is 1. The summed E-state index contributed by atoms with van der Waals surface area (Å²) in [5.41, 5.74) is 0.194. The lowest BCUT2D eigenvalue weighted by molar-refractivity contribution is -0.387. The summed E-state index contributed by atoms with van der Waals surface area (Å²) in [5, 5.41) is 22.7. The number of carbonyl (C=O) groups excluding carboxylic acids is 1. The van der Waals surface area contributed by atoms with Crippen molar-refractivity contribution < 1.29 is 9.72 Å². The van der Waals surface area contributed by atoms with Crippen molar-refractivity contribution in [3.8, 4) is 0 Å². The van der Waals surface area contributed by atoms with Crippen molar-refractivity contribution in [3.05, 3.63) is 40.2 Å². The predicted octanol–water partition coefficient (Wildman–Crippen LogP) is 3.18. The molecule has 8 nitrogen and oxygen atoms in total. The monoisotopic (exact) mass is 375 g/mol. The van der Waals surface area contributed by atoms with Gasteiger partial charge in [-0.05, 0) is 42.7 Å². The predicted molar refractivity (Wildman–Crippen MR) is 97.1 cm³/mol. The van der Waals surface area contributed by atoms with E-state index >= 15 is 0 Å². The lowest BCUT2D eigenvalue weighted by Gasteiger charge is -2.29. The van der Waals surface area contributed by atoms with E-state index in [9.17, 15) is 14.9 Å². The minimum atomic E-state index is -0.473. The Morgan fingerprint density at radius 2 is 2.15 bits per heavy atom. The number of aryl methyl sites for hydroxylation is 1. The molecule has 1 fully saturated rings. The second-order valence-electron chi connectivity index (χ2n) is 6.61. The second kappa shape index (κ2) is 7.86. The summed E-state index contributed by atoms with van der Waals surface area (Å²) in [5.74, 6) is 0.162. The Kier molecular flexibility index (Phi) is 5.55. The summed E-state index contributed by atoms with van der Waals surface area (Å²) in [6.07, 6.45) is 5.87. The summed E-state index contributed by atoms with van der Waals surface area (Å²) in [6, 6.07) is 4.68. The van der Waals surface area contributed by atoms with Crippen molar-refractivity contribution in [1.29, 1.82) is 0 Å². The van der Waals surface area contributed by atoms with Crippen LogP contribution in [0.15, 0.2) is 34.6 Å². The van der Waals surface area contributed by atoms with E-state index in [4.69, 9.17) is 0 Å². The Morgan fingerprint density at radius 1 is 1.38 bits per heavy atom. The van der Waals surface area contributed by atoms with Crippen molar-refractivity contribution in [1.82, 2.24) is 20.1 Å². The highest BCUT2D eigenvalue weighted by Crippen LogP contribution is 2.34. The molecular formula is C17H21N5O3S. The molecule has 1 aromatic carbocycles. The van der Waals surface area contributed by atoms with E-state index in [1.165, 1.54) is 18.8 Å². The smallest absolute Gasteiger partial charge is 0.284 e. The van der Waals surface area contributed by atoms with Gasteiger partial charge >= 0.3 is 0 Å². The SMILES string of the molecule is CC1CCCCC1NC(=O)c1ccc(Sc2nncn2C)c([N+](=O)[O-])c1. The molecule has 0 spiro atoms. The first-order chi connectivity index (χ1) is 12.5. The molecule has 0 saturated heterocycles. The third-order valence-corrected chi connectivity index (χ3v) is 5.83. The summed E-state index contributed by atoms with van der Waals surface area (Å²) in [4.78, 5) is 24.0. The van der Waals surface area contributed by atoms with Gasteiger partial charge in [-0.25, -0.2) is 0 Å². The molecule has 26 heavy (non-hydrogen) atoms. The zero-order chi connectivity index (χ0) is 18.7. The lowest BCUT2D eigenvalue weighted by Crippen LogP contribution is -2.41. The van der Waals surface area contributed by atoms with Gasteiger partial charge in [-0.2, -0.15) is 0 Å². The molecule has 2 atom stereocenters. The summed E-state index contributed by atoms with van der Waals surface area (Å²) < 4.78 is 1.68. The van der Waals surface area contributed by atoms with Crippen molar-refractivity contribution in [2.75, 3.05) is 0 Å². The van der Waals surface area contributed by atoms with Crippen LogP contribution in [0.25, 0.3) is 0 Å². The molecule has 138 valence electrons. The number of nitro benzene ring substituents is 1. The van der Waals surface area contributed by atoms with Gasteiger partial charge in [0.2, 0.25) is 0 Å². The van der Waals surface area contributed by atoms with Crippen LogP contribution in [0.5, 0.6) is 0 Å². The van der Waals surface area contributed by atoms with E-state index in [-0.39, 0.29) is 17.6 Å². The van der Waals surface area contributed by atoms with Crippen LogP contribution in [-0.4, -0.2) is 31.6 Å². The first-order valence-corrected chi connectivity index (χ1v) is 9.38. The first-order valence-electron chi connectivity index (χ1n) is 8.57. The maximum atomic E-state index is 12.5. The number of aromatic nitrogens is 3. The van der Waals surface area contributed by atoms with Gasteiger partial charge in [-0.3, -0.25) is 14.9 Å². The largest absolute Gasteiger partial charge is 0.349 e. The first kappa shape index (κ1) is 18.4. The van der Waals surface area contributed by atoms with Crippen LogP contribution >= 0.6 is 11.8 Å². The van der Waals surface area contributed by atoms with Crippen LogP contribution in [-0.2, 0) is 7.05 Å². The Hall–Kier alpha value is -2.42. The third-order valence-electron chi connectivity index (χ3n) is 4.72. The maximum Gasteiger partial charge on any atom is 0.284 e. The van der Waals surface area contributed by atoms with Gasteiger partial charge in [0.1, 0.15) is 6.33 Å². The molecule has 3 rings (SSSR count). The van der Waals surface area contributed by atoms with E-state index in [2.05, 4.69) is 22.4 Å². The molecule has 2 unspecified atom stereocenters. The minimum Gasteiger partial charge on any atom is -0.349 e. The van der Waals surface area contributed by atoms with Gasteiger partial charge < -0.3 is 9.88 Å². The third kappa shape index (κ3) is 4.04. The highest BCUT2D eigenvalue weighted by molar-refractivity contribution is 7.99. The molecule has 1 aromatic heterocycles. The molecule has 9 heteroatoms. The number of nitrogens with one attached hydrogen (secondary N) is 1. The summed E-state index contributed by atoms with van der Waals surface area (Å²) in [7, 11) is 1.77. The molecule has 0 radical (unpaired) electrons. The van der Waals surface area contributed by atoms with Crippen LogP contribution in [0.2, 0.25) is 0 Å². The molecule has 2 aromatic rings. The van der Waals surface area contributed by atoms with E-state index in [1.807, 2.05) is 0 Å². The van der Waals surface area contributed by atoms with E-state index in [0.29, 0.717) is 21.5 Å². The standard InChI is InChI=1S/C17H21N5O3S/c1-11-5-3-4-6-13(11)19-16(23)12-7-8-15(14(9-12)22(24)25)26-17-20-18-10-21(17)2/h7-11,13H,3-6H2,1-2H3,(H,19,23). The zero-order valence-electron chi connectivity index (χ0n) is 14.7. The number of benzene rings is 1. The highest BCUT2D eigenvalue weighted by atomic mass is 32.2. The molecule has 1 heterocycles. The number of rotatable bonds is 5. The number of nitrogens with zero attached hydrogens (tertiary/aromatic N) is 4. The molecule has 1 saturated carbocycles. The normalized spacial score (nSPS) is 19.9. The van der Waals surface area contributed by atoms with Gasteiger partial charge in [0.25, 0.3) is 11.6 Å². The molecular weight excluding hydrogens is 354 g/mol. The lowest BCUT2D eigenvalue weighted by atomic mass is 9.86. The Labute approximate surface area is 155 Å². The summed E-state index contributed by atoms with van der Waals surface area (Å²) in [6.45, 7) is 2.13. The quantitative estimate of drug-likeness (QED) is 0.636. The maximum absolute atomic E-state index is 12.5. The second-order valence-corrected chi connectivity index (χ2v) is 7.62. The van der Waals surface area contributed by atoms with Crippen molar-refractivity contribution in [3.63, 3.8) is 0 Å². The average molecular weight is 375 g/mol. The fraction of sp³-hybridized carbons (Fsp3) is 0.471. The molecule has 1 aliphatic carbocycles. The van der Waals surface area contributed by atoms with Crippen molar-refractivity contribution in [2.24, 2.45) is 13.0 Å². The van der Waals surface area contributed by atoms with Crippen LogP contribution in [0.3, 0.4) is 0 Å². The molecule has 1 amide bonds. The Bertz CT molecular complexity index is 822. The van der Waals surface area contributed by atoms with E-state index in [1.54, 1.807) is 23.7 Å². The average Bonchev–Trinajstić information content (AvgIpc) is 3.02. The number of carbonyl (C=O) groups is 1. The summed E-state index contributed by atoms with van der Waals surface area (Å²) >= 11 is 1.15. The van der Waals surface area contributed by atoms with Crippen molar-refractivity contribution >= 4 is 23.4 Å². The highest BCUT2D eigenvalue weighted by Gasteiger charge is 2.25. The van der Waals surface area contributed by atoms with Gasteiger partial charge in [-0.15, -0.1) is 10.2 Å². The van der Waals surface area contributed by atoms with Crippen LogP contribution < -0.4 is 5.32 Å². The van der Waals surface area contributed by atoms with Crippen LogP contribution in [0.1, 0.15) is 43.0 Å². The number of amides is 1. The van der Waals surface area contributed by atoms with E-state index in [0.717, 1.165) is 31.0 Å². The molecule has 1 aliphatic rings. The fourth-order valence-corrected chi connectivity index (χ4v) is 3.98. The van der Waals surface area contributed by atoms with Gasteiger partial charge in [0.05, 0.1) is 9.82 Å². The van der Waals surface area contributed by atoms with Crippen LogP contribution in [0.4, 0.5) is 5.69 Å². The fourth-order valence-electron chi connectivity index (χ4n) is 3.13. The Balaban J connectivity index is 1.80. The number of nitro groups is 1. The zero-order valence-corrected chi connectivity index (χ0v) is 15.5. The topological polar surface area (TPSA) is 103 Å². The molecule has 0 aliphatic heterocycles. The van der Waals surface area contributed by atoms with Gasteiger partial charge in [0, 0.05) is 24.7 Å². The Morgan fingerprint density at radius 3 is 2.81 bits per heavy atom. The molecule has 1 N–H and O–H groups in total. The van der Waals surface area contributed by atoms with Gasteiger partial charge in [-0.1, -0.05) is 19.8 Å². The van der Waals surface area contributed by atoms with Crippen LogP contribution in [0, 0.1) is 16.0 Å². The van der Waals surface area contributed by atoms with Crippen molar-refractivity contribution in [2.45, 2.75) is 48.7 Å². The number of hydrogen-bond acceptors (Lipinski definition) is 6. The minimum absolute atomic E-state index is 0.109. The van der Waals surface area contributed by atoms with E-state index < -0.39 is 4.92 Å². The van der Waals surface area contributed by atoms with Gasteiger partial charge in [0.15, 0.2) is 5.16 Å². The molecule has 0 bridgehead atoms.